The number of aryl methyl sites for hydroxylation is 4. The molecule has 8 rings (SSSR count). The van der Waals surface area contributed by atoms with Crippen molar-refractivity contribution >= 4 is 45.2 Å². The lowest BCUT2D eigenvalue weighted by atomic mass is 9.91. The van der Waals surface area contributed by atoms with E-state index in [-0.39, 0.29) is 23.6 Å². The molecule has 0 spiro atoms. The van der Waals surface area contributed by atoms with E-state index in [1.165, 1.54) is 32.1 Å². The largest absolute Gasteiger partial charge is 0.317 e. The van der Waals surface area contributed by atoms with E-state index in [0.29, 0.717) is 48.2 Å². The minimum atomic E-state index is -0.178. The molecule has 0 fully saturated rings. The van der Waals surface area contributed by atoms with Crippen molar-refractivity contribution < 1.29 is 19.2 Å². The first kappa shape index (κ1) is 29.0. The lowest BCUT2D eigenvalue weighted by molar-refractivity contribution is 0.0593. The molecule has 46 heavy (non-hydrogen) atoms. The second-order valence-corrected chi connectivity index (χ2v) is 13.0. The number of hydrogen-bond donors (Lipinski definition) is 2. The smallest absolute Gasteiger partial charge is 0.261 e. The Kier molecular flexibility index (Phi) is 7.42. The summed E-state index contributed by atoms with van der Waals surface area (Å²) in [7, 11) is 0. The van der Waals surface area contributed by atoms with Gasteiger partial charge in [0, 0.05) is 46.1 Å². The van der Waals surface area contributed by atoms with Crippen LogP contribution in [-0.4, -0.2) is 72.7 Å². The van der Waals surface area contributed by atoms with Gasteiger partial charge >= 0.3 is 0 Å². The molecule has 0 saturated carbocycles. The zero-order valence-electron chi connectivity index (χ0n) is 26.0. The third-order valence-corrected chi connectivity index (χ3v) is 10.3. The van der Waals surface area contributed by atoms with Crippen LogP contribution >= 0.6 is 0 Å². The van der Waals surface area contributed by atoms with Gasteiger partial charge in [0.2, 0.25) is 0 Å². The molecule has 8 heteroatoms. The fourth-order valence-corrected chi connectivity index (χ4v) is 8.02. The van der Waals surface area contributed by atoms with Gasteiger partial charge in [-0.3, -0.25) is 29.0 Å². The van der Waals surface area contributed by atoms with Gasteiger partial charge in [0.25, 0.3) is 23.6 Å². The van der Waals surface area contributed by atoms with E-state index < -0.39 is 0 Å². The average Bonchev–Trinajstić information content (AvgIpc) is 3.70. The van der Waals surface area contributed by atoms with Crippen LogP contribution in [0.4, 0.5) is 0 Å². The normalized spacial score (nSPS) is 16.2. The molecule has 0 saturated heterocycles. The molecule has 0 aromatic heterocycles. The Morgan fingerprint density at radius 3 is 1.04 bits per heavy atom. The van der Waals surface area contributed by atoms with Crippen molar-refractivity contribution in [1.29, 1.82) is 0 Å². The lowest BCUT2D eigenvalue weighted by Gasteiger charge is -2.27. The zero-order valence-corrected chi connectivity index (χ0v) is 26.0. The summed E-state index contributed by atoms with van der Waals surface area (Å²) in [5.41, 5.74) is 7.59. The van der Waals surface area contributed by atoms with Crippen LogP contribution in [0, 0.1) is 0 Å². The van der Waals surface area contributed by atoms with Crippen molar-refractivity contribution in [3.8, 4) is 0 Å². The Morgan fingerprint density at radius 1 is 0.413 bits per heavy atom. The van der Waals surface area contributed by atoms with Crippen LogP contribution in [0.2, 0.25) is 0 Å². The maximum Gasteiger partial charge on any atom is 0.261 e. The van der Waals surface area contributed by atoms with E-state index >= 15 is 0 Å². The second-order valence-electron chi connectivity index (χ2n) is 13.0. The molecule has 2 N–H and O–H groups in total. The average molecular weight is 615 g/mol. The van der Waals surface area contributed by atoms with Crippen molar-refractivity contribution in [1.82, 2.24) is 20.4 Å². The Morgan fingerprint density at radius 2 is 0.717 bits per heavy atom. The molecule has 4 aromatic rings. The summed E-state index contributed by atoms with van der Waals surface area (Å²) in [6.45, 7) is 4.01. The number of carbonyl (C=O) groups excluding carboxylic acids is 4. The molecule has 4 aromatic carbocycles. The van der Waals surface area contributed by atoms with Crippen LogP contribution in [-0.2, 0) is 25.7 Å². The number of benzene rings is 4. The molecule has 4 amide bonds. The molecule has 0 unspecified atom stereocenters. The number of amides is 4. The van der Waals surface area contributed by atoms with Gasteiger partial charge in [-0.05, 0) is 135 Å². The van der Waals surface area contributed by atoms with Crippen LogP contribution in [0.1, 0.15) is 89.4 Å². The molecular formula is C38H38N4O4. The summed E-state index contributed by atoms with van der Waals surface area (Å²) < 4.78 is 0. The van der Waals surface area contributed by atoms with Crippen LogP contribution < -0.4 is 10.6 Å². The van der Waals surface area contributed by atoms with Gasteiger partial charge in [-0.15, -0.1) is 0 Å². The fraction of sp³-hybridized carbons (Fsp3) is 0.368. The maximum absolute atomic E-state index is 13.2. The van der Waals surface area contributed by atoms with Gasteiger partial charge in [-0.1, -0.05) is 24.3 Å². The number of hydrogen-bond acceptors (Lipinski definition) is 6. The topological polar surface area (TPSA) is 98.8 Å². The van der Waals surface area contributed by atoms with Gasteiger partial charge in [-0.2, -0.15) is 0 Å². The van der Waals surface area contributed by atoms with E-state index in [1.807, 2.05) is 24.3 Å². The highest BCUT2D eigenvalue weighted by atomic mass is 16.2. The summed E-state index contributed by atoms with van der Waals surface area (Å²) in [6, 6.07) is 15.8. The number of nitrogens with zero attached hydrogens (tertiary/aromatic N) is 2. The van der Waals surface area contributed by atoms with Crippen LogP contribution in [0.25, 0.3) is 21.5 Å². The quantitative estimate of drug-likeness (QED) is 0.166. The number of carbonyl (C=O) groups is 4. The zero-order chi connectivity index (χ0) is 31.4. The minimum Gasteiger partial charge on any atom is -0.317 e. The standard InChI is InChI=1S/C38H38N4O4/c43-35-27-13-9-23-5-6-24-10-14-28(33(27)31(23)24)36(44)41(35)21-3-19-39-17-1-2-18-40-20-4-22-42-37(45)29-15-11-25-7-8-26-12-16-30(38(42)46)34(29)32(25)26/h9-16,39-40H,1-8,17-22H2. The highest BCUT2D eigenvalue weighted by Gasteiger charge is 2.36. The Bertz CT molecular complexity index is 1710. The SMILES string of the molecule is O=C1c2ccc3c4c(ccc(c24)C(=O)N1CCCNCCCCNCCCN1C(=O)c2ccc4c5c(ccc(c25)C1=O)CC4)CC3. The van der Waals surface area contributed by atoms with Crippen molar-refractivity contribution in [2.24, 2.45) is 0 Å². The highest BCUT2D eigenvalue weighted by Crippen LogP contribution is 2.39. The van der Waals surface area contributed by atoms with Gasteiger partial charge in [0.05, 0.1) is 0 Å². The minimum absolute atomic E-state index is 0.178. The van der Waals surface area contributed by atoms with Crippen molar-refractivity contribution in [3.05, 3.63) is 93.0 Å². The maximum atomic E-state index is 13.2. The number of rotatable bonds is 13. The molecule has 234 valence electrons. The predicted octanol–water partition coefficient (Wildman–Crippen LogP) is 4.82. The van der Waals surface area contributed by atoms with E-state index in [9.17, 15) is 19.2 Å². The first-order chi connectivity index (χ1) is 22.5. The second kappa shape index (κ2) is 11.8. The van der Waals surface area contributed by atoms with Crippen molar-refractivity contribution in [2.75, 3.05) is 39.3 Å². The molecule has 8 nitrogen and oxygen atoms in total. The Balaban J connectivity index is 0.731. The van der Waals surface area contributed by atoms with E-state index in [1.54, 1.807) is 0 Å². The van der Waals surface area contributed by atoms with Gasteiger partial charge in [-0.25, -0.2) is 0 Å². The number of imide groups is 2. The Hall–Kier alpha value is -4.40. The first-order valence-corrected chi connectivity index (χ1v) is 16.8. The van der Waals surface area contributed by atoms with Crippen LogP contribution in [0.15, 0.2) is 48.5 Å². The first-order valence-electron chi connectivity index (χ1n) is 16.8. The molecule has 0 radical (unpaired) electrons. The fourth-order valence-electron chi connectivity index (χ4n) is 8.02. The lowest BCUT2D eigenvalue weighted by Crippen LogP contribution is -2.41. The summed E-state index contributed by atoms with van der Waals surface area (Å²) in [6.07, 6.45) is 7.31. The summed E-state index contributed by atoms with van der Waals surface area (Å²) in [5.74, 6) is -0.711. The van der Waals surface area contributed by atoms with E-state index in [4.69, 9.17) is 0 Å². The molecule has 2 aliphatic heterocycles. The predicted molar refractivity (Wildman–Crippen MR) is 178 cm³/mol. The molecule has 4 aliphatic rings. The van der Waals surface area contributed by atoms with Crippen LogP contribution in [0.3, 0.4) is 0 Å². The molecule has 0 atom stereocenters. The van der Waals surface area contributed by atoms with Gasteiger partial charge < -0.3 is 10.6 Å². The Labute approximate surface area is 268 Å². The number of nitrogens with one attached hydrogen (secondary N) is 2. The summed E-state index contributed by atoms with van der Waals surface area (Å²) in [4.78, 5) is 55.8. The van der Waals surface area contributed by atoms with E-state index in [0.717, 1.165) is 86.2 Å². The molecule has 2 aliphatic carbocycles. The molecular weight excluding hydrogens is 576 g/mol. The molecule has 2 heterocycles. The van der Waals surface area contributed by atoms with Crippen LogP contribution in [0.5, 0.6) is 0 Å². The third-order valence-electron chi connectivity index (χ3n) is 10.3. The van der Waals surface area contributed by atoms with Gasteiger partial charge in [0.1, 0.15) is 0 Å². The van der Waals surface area contributed by atoms with Gasteiger partial charge in [0.15, 0.2) is 0 Å². The number of unbranched alkanes of at least 4 members (excludes halogenated alkanes) is 1. The summed E-state index contributed by atoms with van der Waals surface area (Å²) in [5, 5.41) is 10.8. The summed E-state index contributed by atoms with van der Waals surface area (Å²) >= 11 is 0. The molecule has 0 bridgehead atoms. The van der Waals surface area contributed by atoms with E-state index in [2.05, 4.69) is 34.9 Å². The highest BCUT2D eigenvalue weighted by molar-refractivity contribution is 6.27. The van der Waals surface area contributed by atoms with Crippen molar-refractivity contribution in [2.45, 2.75) is 51.4 Å². The monoisotopic (exact) mass is 614 g/mol. The third kappa shape index (κ3) is 4.65. The van der Waals surface area contributed by atoms with Crippen molar-refractivity contribution in [3.63, 3.8) is 0 Å².